The van der Waals surface area contributed by atoms with Crippen LogP contribution in [-0.4, -0.2) is 34.1 Å². The van der Waals surface area contributed by atoms with E-state index < -0.39 is 11.5 Å². The average Bonchev–Trinajstić information content (AvgIpc) is 2.50. The molecule has 0 fully saturated rings. The minimum Gasteiger partial charge on any atom is -0.506 e. The third-order valence-corrected chi connectivity index (χ3v) is 3.56. The number of carbonyl (C=O) groups is 2. The Labute approximate surface area is 134 Å². The zero-order valence-electron chi connectivity index (χ0n) is 13.4. The van der Waals surface area contributed by atoms with Crippen LogP contribution in [0.2, 0.25) is 0 Å². The van der Waals surface area contributed by atoms with Crippen molar-refractivity contribution in [2.45, 2.75) is 32.7 Å². The van der Waals surface area contributed by atoms with Gasteiger partial charge in [0.25, 0.3) is 0 Å². The molecule has 0 saturated carbocycles. The van der Waals surface area contributed by atoms with Crippen LogP contribution in [0.4, 0.5) is 0 Å². The van der Waals surface area contributed by atoms with Crippen LogP contribution in [0.5, 0.6) is 5.75 Å². The molecule has 0 aliphatic heterocycles. The van der Waals surface area contributed by atoms with Crippen molar-refractivity contribution >= 4 is 22.8 Å². The summed E-state index contributed by atoms with van der Waals surface area (Å²) in [7, 11) is 0. The molecule has 1 unspecified atom stereocenters. The normalized spacial score (nSPS) is 13.3. The number of hydrogen-bond acceptors (Lipinski definition) is 5. The SMILES string of the molecule is CCOC(=O)C(C)(Cc1ccc(O)c2ncccc12)NC(C)=O. The molecule has 1 heterocycles. The highest BCUT2D eigenvalue weighted by molar-refractivity contribution is 5.90. The molecule has 2 rings (SSSR count). The number of amides is 1. The van der Waals surface area contributed by atoms with E-state index in [1.54, 1.807) is 32.2 Å². The highest BCUT2D eigenvalue weighted by Crippen LogP contribution is 2.28. The number of ether oxygens (including phenoxy) is 1. The van der Waals surface area contributed by atoms with Gasteiger partial charge in [-0.3, -0.25) is 9.78 Å². The van der Waals surface area contributed by atoms with Gasteiger partial charge in [-0.1, -0.05) is 12.1 Å². The molecule has 1 amide bonds. The zero-order chi connectivity index (χ0) is 17.0. The lowest BCUT2D eigenvalue weighted by atomic mass is 9.90. The molecule has 0 radical (unpaired) electrons. The van der Waals surface area contributed by atoms with Gasteiger partial charge < -0.3 is 15.2 Å². The van der Waals surface area contributed by atoms with Crippen LogP contribution in [-0.2, 0) is 20.7 Å². The van der Waals surface area contributed by atoms with Crippen molar-refractivity contribution in [1.29, 1.82) is 0 Å². The monoisotopic (exact) mass is 316 g/mol. The molecular weight excluding hydrogens is 296 g/mol. The number of nitrogens with one attached hydrogen (secondary N) is 1. The fourth-order valence-corrected chi connectivity index (χ4v) is 2.60. The molecule has 0 aliphatic rings. The lowest BCUT2D eigenvalue weighted by molar-refractivity contribution is -0.152. The largest absolute Gasteiger partial charge is 0.506 e. The van der Waals surface area contributed by atoms with E-state index in [0.29, 0.717) is 5.52 Å². The van der Waals surface area contributed by atoms with E-state index in [0.717, 1.165) is 10.9 Å². The summed E-state index contributed by atoms with van der Waals surface area (Å²) in [5.74, 6) is -0.746. The van der Waals surface area contributed by atoms with Crippen molar-refractivity contribution in [1.82, 2.24) is 10.3 Å². The molecule has 1 atom stereocenters. The predicted molar refractivity (Wildman–Crippen MR) is 86.0 cm³/mol. The molecule has 1 aromatic heterocycles. The molecule has 0 spiro atoms. The summed E-state index contributed by atoms with van der Waals surface area (Å²) in [5.41, 5.74) is 0.0518. The molecule has 6 heteroatoms. The van der Waals surface area contributed by atoms with Crippen LogP contribution in [0.1, 0.15) is 26.3 Å². The molecule has 2 aromatic rings. The Morgan fingerprint density at radius 2 is 2.09 bits per heavy atom. The summed E-state index contributed by atoms with van der Waals surface area (Å²) >= 11 is 0. The van der Waals surface area contributed by atoms with Crippen molar-refractivity contribution < 1.29 is 19.4 Å². The van der Waals surface area contributed by atoms with Crippen molar-refractivity contribution in [3.8, 4) is 5.75 Å². The van der Waals surface area contributed by atoms with Crippen LogP contribution in [0.25, 0.3) is 10.9 Å². The first kappa shape index (κ1) is 16.7. The first-order valence-electron chi connectivity index (χ1n) is 7.39. The van der Waals surface area contributed by atoms with E-state index in [-0.39, 0.29) is 24.7 Å². The molecular formula is C17H20N2O4. The smallest absolute Gasteiger partial charge is 0.331 e. The van der Waals surface area contributed by atoms with Crippen LogP contribution in [0, 0.1) is 0 Å². The Hall–Kier alpha value is -2.63. The highest BCUT2D eigenvalue weighted by atomic mass is 16.5. The van der Waals surface area contributed by atoms with Crippen LogP contribution < -0.4 is 5.32 Å². The number of phenols is 1. The second-order valence-corrected chi connectivity index (χ2v) is 5.55. The van der Waals surface area contributed by atoms with Gasteiger partial charge in [-0.15, -0.1) is 0 Å². The summed E-state index contributed by atoms with van der Waals surface area (Å²) in [5, 5.41) is 13.3. The van der Waals surface area contributed by atoms with Crippen LogP contribution in [0.3, 0.4) is 0 Å². The lowest BCUT2D eigenvalue weighted by Crippen LogP contribution is -2.54. The number of carbonyl (C=O) groups excluding carboxylic acids is 2. The number of phenolic OH excluding ortho intramolecular Hbond substituents is 1. The minimum absolute atomic E-state index is 0.0710. The maximum Gasteiger partial charge on any atom is 0.331 e. The number of benzene rings is 1. The minimum atomic E-state index is -1.19. The average molecular weight is 316 g/mol. The van der Waals surface area contributed by atoms with Gasteiger partial charge in [0.15, 0.2) is 0 Å². The van der Waals surface area contributed by atoms with E-state index in [1.165, 1.54) is 13.0 Å². The molecule has 23 heavy (non-hydrogen) atoms. The number of pyridine rings is 1. The fraction of sp³-hybridized carbons (Fsp3) is 0.353. The quantitative estimate of drug-likeness (QED) is 0.823. The Kier molecular flexibility index (Phi) is 4.83. The number of esters is 1. The van der Waals surface area contributed by atoms with Gasteiger partial charge in [-0.2, -0.15) is 0 Å². The Balaban J connectivity index is 2.46. The van der Waals surface area contributed by atoms with Gasteiger partial charge in [0.2, 0.25) is 5.91 Å². The van der Waals surface area contributed by atoms with Gasteiger partial charge in [0.05, 0.1) is 6.61 Å². The third-order valence-electron chi connectivity index (χ3n) is 3.56. The maximum atomic E-state index is 12.3. The number of nitrogens with zero attached hydrogens (tertiary/aromatic N) is 1. The Bertz CT molecular complexity index is 744. The second-order valence-electron chi connectivity index (χ2n) is 5.55. The number of fused-ring (bicyclic) bond motifs is 1. The third kappa shape index (κ3) is 3.59. The Morgan fingerprint density at radius 1 is 1.35 bits per heavy atom. The van der Waals surface area contributed by atoms with Gasteiger partial charge in [0.1, 0.15) is 16.8 Å². The maximum absolute atomic E-state index is 12.3. The first-order chi connectivity index (χ1) is 10.9. The fourth-order valence-electron chi connectivity index (χ4n) is 2.60. The van der Waals surface area contributed by atoms with Crippen molar-refractivity contribution in [2.24, 2.45) is 0 Å². The summed E-state index contributed by atoms with van der Waals surface area (Å²) in [6, 6.07) is 6.82. The van der Waals surface area contributed by atoms with Crippen LogP contribution in [0.15, 0.2) is 30.5 Å². The van der Waals surface area contributed by atoms with E-state index >= 15 is 0 Å². The van der Waals surface area contributed by atoms with Gasteiger partial charge in [-0.25, -0.2) is 4.79 Å². The molecule has 122 valence electrons. The predicted octanol–water partition coefficient (Wildman–Crippen LogP) is 1.94. The van der Waals surface area contributed by atoms with E-state index in [2.05, 4.69) is 10.3 Å². The van der Waals surface area contributed by atoms with Crippen LogP contribution >= 0.6 is 0 Å². The van der Waals surface area contributed by atoms with E-state index in [9.17, 15) is 14.7 Å². The van der Waals surface area contributed by atoms with E-state index in [1.807, 2.05) is 6.07 Å². The standard InChI is InChI=1S/C17H20N2O4/c1-4-23-16(22)17(3,19-11(2)20)10-12-7-8-14(21)15-13(12)6-5-9-18-15/h5-9,21H,4,10H2,1-3H3,(H,19,20). The molecule has 0 aliphatic carbocycles. The van der Waals surface area contributed by atoms with Crippen molar-refractivity contribution in [3.05, 3.63) is 36.0 Å². The van der Waals surface area contributed by atoms with E-state index in [4.69, 9.17) is 4.74 Å². The number of aromatic hydroxyl groups is 1. The second kappa shape index (κ2) is 6.64. The molecule has 0 saturated heterocycles. The van der Waals surface area contributed by atoms with Gasteiger partial charge >= 0.3 is 5.97 Å². The lowest BCUT2D eigenvalue weighted by Gasteiger charge is -2.28. The van der Waals surface area contributed by atoms with Crippen molar-refractivity contribution in [2.75, 3.05) is 6.61 Å². The van der Waals surface area contributed by atoms with Gasteiger partial charge in [0, 0.05) is 24.9 Å². The zero-order valence-corrected chi connectivity index (χ0v) is 13.4. The summed E-state index contributed by atoms with van der Waals surface area (Å²) in [4.78, 5) is 28.0. The molecule has 6 nitrogen and oxygen atoms in total. The number of hydrogen-bond donors (Lipinski definition) is 2. The number of aromatic nitrogens is 1. The summed E-state index contributed by atoms with van der Waals surface area (Å²) in [6.07, 6.45) is 1.82. The summed E-state index contributed by atoms with van der Waals surface area (Å²) in [6.45, 7) is 4.92. The molecule has 1 aromatic carbocycles. The Morgan fingerprint density at radius 3 is 2.74 bits per heavy atom. The number of rotatable bonds is 5. The topological polar surface area (TPSA) is 88.5 Å². The highest BCUT2D eigenvalue weighted by Gasteiger charge is 2.36. The first-order valence-corrected chi connectivity index (χ1v) is 7.39. The molecule has 0 bridgehead atoms. The molecule has 2 N–H and O–H groups in total. The van der Waals surface area contributed by atoms with Crippen molar-refractivity contribution in [3.63, 3.8) is 0 Å². The summed E-state index contributed by atoms with van der Waals surface area (Å²) < 4.78 is 5.10. The van der Waals surface area contributed by atoms with Gasteiger partial charge in [-0.05, 0) is 31.5 Å².